The van der Waals surface area contributed by atoms with Crippen molar-refractivity contribution in [1.82, 2.24) is 14.7 Å². The van der Waals surface area contributed by atoms with Gasteiger partial charge in [-0.1, -0.05) is 18.2 Å². The molecule has 2 N–H and O–H groups in total. The largest absolute Gasteiger partial charge is 0.390 e. The van der Waals surface area contributed by atoms with Gasteiger partial charge in [-0.3, -0.25) is 24.2 Å². The first-order valence-electron chi connectivity index (χ1n) is 11.6. The molecular formula is C24H30N4O3S. The Balaban J connectivity index is 1.26. The van der Waals surface area contributed by atoms with E-state index >= 15 is 0 Å². The Bertz CT molecular complexity index is 1070. The van der Waals surface area contributed by atoms with Crippen LogP contribution in [-0.4, -0.2) is 71.2 Å². The fraction of sp³-hybridized carbons (Fsp3) is 0.542. The highest BCUT2D eigenvalue weighted by molar-refractivity contribution is 7.23. The monoisotopic (exact) mass is 454 g/mol. The number of carbonyl (C=O) groups excluding carboxylic acids is 3. The number of carbonyl (C=O) groups is 3. The molecule has 0 saturated carbocycles. The van der Waals surface area contributed by atoms with Crippen molar-refractivity contribution >= 4 is 44.1 Å². The fourth-order valence-electron chi connectivity index (χ4n) is 5.86. The molecule has 3 aliphatic heterocycles. The lowest BCUT2D eigenvalue weighted by Crippen LogP contribution is -2.54. The topological polar surface area (TPSA) is 87.0 Å². The number of likely N-dealkylation sites (tertiary alicyclic amines) is 3. The van der Waals surface area contributed by atoms with Gasteiger partial charge in [0, 0.05) is 48.7 Å². The number of thiophene rings is 1. The van der Waals surface area contributed by atoms with Crippen LogP contribution in [0.1, 0.15) is 49.4 Å². The second kappa shape index (κ2) is 8.15. The van der Waals surface area contributed by atoms with E-state index < -0.39 is 5.41 Å². The third kappa shape index (κ3) is 3.40. The van der Waals surface area contributed by atoms with Crippen LogP contribution in [0.3, 0.4) is 0 Å². The van der Waals surface area contributed by atoms with E-state index in [0.717, 1.165) is 42.3 Å². The standard InChI is InChI=1S/C24H30N4O3S/c1-2-28-19(29)14-24(23(28)31)10-5-11-27(15-24)16-8-12-26(13-9-16)22(30)20-17-6-3-4-7-18(17)32-21(20)25/h3-4,6-7,16H,2,5,8-15,25H2,1H3. The third-order valence-electron chi connectivity index (χ3n) is 7.52. The summed E-state index contributed by atoms with van der Waals surface area (Å²) in [6.45, 7) is 5.31. The highest BCUT2D eigenvalue weighted by Crippen LogP contribution is 2.42. The lowest BCUT2D eigenvalue weighted by atomic mass is 9.77. The summed E-state index contributed by atoms with van der Waals surface area (Å²) in [6.07, 6.45) is 3.84. The molecule has 0 aliphatic carbocycles. The maximum Gasteiger partial charge on any atom is 0.257 e. The van der Waals surface area contributed by atoms with E-state index in [1.165, 1.54) is 16.2 Å². The minimum absolute atomic E-state index is 0.0159. The smallest absolute Gasteiger partial charge is 0.257 e. The SMILES string of the molecule is CCN1C(=O)CC2(CCCN(C3CCN(C(=O)c4c(N)sc5ccccc45)CC3)C2)C1=O. The van der Waals surface area contributed by atoms with Gasteiger partial charge < -0.3 is 10.6 Å². The minimum atomic E-state index is -0.539. The van der Waals surface area contributed by atoms with Crippen LogP contribution in [-0.2, 0) is 9.59 Å². The molecule has 3 aliphatic rings. The van der Waals surface area contributed by atoms with Gasteiger partial charge in [0.2, 0.25) is 11.8 Å². The maximum atomic E-state index is 13.3. The molecule has 5 rings (SSSR count). The molecule has 170 valence electrons. The number of nitrogens with two attached hydrogens (primary N) is 1. The predicted molar refractivity (Wildman–Crippen MR) is 125 cm³/mol. The number of rotatable bonds is 3. The maximum absolute atomic E-state index is 13.3. The normalized spacial score (nSPS) is 25.4. The van der Waals surface area contributed by atoms with Crippen LogP contribution >= 0.6 is 11.3 Å². The van der Waals surface area contributed by atoms with Crippen molar-refractivity contribution in [3.8, 4) is 0 Å². The molecule has 3 saturated heterocycles. The summed E-state index contributed by atoms with van der Waals surface area (Å²) in [5, 5.41) is 1.52. The molecule has 3 amide bonds. The first-order valence-corrected chi connectivity index (χ1v) is 12.4. The summed E-state index contributed by atoms with van der Waals surface area (Å²) in [5.41, 5.74) is 6.31. The number of hydrogen-bond donors (Lipinski definition) is 1. The number of hydrogen-bond acceptors (Lipinski definition) is 6. The Kier molecular flexibility index (Phi) is 5.45. The van der Waals surface area contributed by atoms with Crippen molar-refractivity contribution in [2.45, 2.75) is 45.1 Å². The van der Waals surface area contributed by atoms with Crippen molar-refractivity contribution in [3.63, 3.8) is 0 Å². The molecule has 1 atom stereocenters. The van der Waals surface area contributed by atoms with Crippen LogP contribution < -0.4 is 5.73 Å². The van der Waals surface area contributed by atoms with E-state index in [4.69, 9.17) is 5.73 Å². The number of amides is 3. The average Bonchev–Trinajstić information content (AvgIpc) is 3.25. The van der Waals surface area contributed by atoms with Crippen molar-refractivity contribution in [3.05, 3.63) is 29.8 Å². The van der Waals surface area contributed by atoms with Crippen LogP contribution in [0.15, 0.2) is 24.3 Å². The lowest BCUT2D eigenvalue weighted by Gasteiger charge is -2.45. The van der Waals surface area contributed by atoms with E-state index in [0.29, 0.717) is 49.2 Å². The Morgan fingerprint density at radius 1 is 1.19 bits per heavy atom. The molecule has 1 spiro atoms. The zero-order chi connectivity index (χ0) is 22.5. The Labute approximate surface area is 192 Å². The molecule has 3 fully saturated rings. The molecule has 7 nitrogen and oxygen atoms in total. The van der Waals surface area contributed by atoms with Crippen molar-refractivity contribution in [2.24, 2.45) is 5.41 Å². The molecule has 4 heterocycles. The van der Waals surface area contributed by atoms with Gasteiger partial charge in [-0.05, 0) is 45.2 Å². The summed E-state index contributed by atoms with van der Waals surface area (Å²) < 4.78 is 1.04. The molecule has 0 radical (unpaired) electrons. The number of fused-ring (bicyclic) bond motifs is 1. The molecule has 0 bridgehead atoms. The van der Waals surface area contributed by atoms with Gasteiger partial charge >= 0.3 is 0 Å². The molecule has 32 heavy (non-hydrogen) atoms. The first kappa shape index (κ1) is 21.4. The van der Waals surface area contributed by atoms with E-state index in [2.05, 4.69) is 4.90 Å². The number of imide groups is 1. The van der Waals surface area contributed by atoms with Gasteiger partial charge in [0.1, 0.15) is 0 Å². The van der Waals surface area contributed by atoms with Gasteiger partial charge in [0.15, 0.2) is 0 Å². The van der Waals surface area contributed by atoms with Gasteiger partial charge in [0.05, 0.1) is 16.0 Å². The van der Waals surface area contributed by atoms with Crippen molar-refractivity contribution in [1.29, 1.82) is 0 Å². The van der Waals surface area contributed by atoms with Gasteiger partial charge in [-0.2, -0.15) is 0 Å². The molecular weight excluding hydrogens is 424 g/mol. The minimum Gasteiger partial charge on any atom is -0.390 e. The van der Waals surface area contributed by atoms with Crippen LogP contribution in [0.4, 0.5) is 5.00 Å². The second-order valence-corrected chi connectivity index (χ2v) is 10.4. The number of piperidine rings is 2. The quantitative estimate of drug-likeness (QED) is 0.721. The number of nitrogens with zero attached hydrogens (tertiary/aromatic N) is 3. The van der Waals surface area contributed by atoms with Gasteiger partial charge in [-0.25, -0.2) is 0 Å². The zero-order valence-corrected chi connectivity index (χ0v) is 19.3. The van der Waals surface area contributed by atoms with Crippen LogP contribution in [0, 0.1) is 5.41 Å². The number of anilines is 1. The highest BCUT2D eigenvalue weighted by Gasteiger charge is 2.53. The first-order chi connectivity index (χ1) is 15.4. The third-order valence-corrected chi connectivity index (χ3v) is 8.52. The zero-order valence-electron chi connectivity index (χ0n) is 18.5. The summed E-state index contributed by atoms with van der Waals surface area (Å²) >= 11 is 1.47. The van der Waals surface area contributed by atoms with E-state index in [1.807, 2.05) is 36.1 Å². The molecule has 1 unspecified atom stereocenters. The Morgan fingerprint density at radius 2 is 1.94 bits per heavy atom. The molecule has 8 heteroatoms. The van der Waals surface area contributed by atoms with Gasteiger partial charge in [-0.15, -0.1) is 11.3 Å². The van der Waals surface area contributed by atoms with Crippen molar-refractivity contribution in [2.75, 3.05) is 38.5 Å². The summed E-state index contributed by atoms with van der Waals surface area (Å²) in [7, 11) is 0. The van der Waals surface area contributed by atoms with E-state index in [1.54, 1.807) is 0 Å². The van der Waals surface area contributed by atoms with Crippen LogP contribution in [0.2, 0.25) is 0 Å². The van der Waals surface area contributed by atoms with Gasteiger partial charge in [0.25, 0.3) is 5.91 Å². The molecule has 2 aromatic rings. The fourth-order valence-corrected chi connectivity index (χ4v) is 6.82. The van der Waals surface area contributed by atoms with E-state index in [9.17, 15) is 14.4 Å². The second-order valence-electron chi connectivity index (χ2n) is 9.34. The van der Waals surface area contributed by atoms with Crippen LogP contribution in [0.5, 0.6) is 0 Å². The summed E-state index contributed by atoms with van der Waals surface area (Å²) in [6, 6.07) is 8.21. The molecule has 1 aromatic heterocycles. The lowest BCUT2D eigenvalue weighted by molar-refractivity contribution is -0.143. The Morgan fingerprint density at radius 3 is 2.66 bits per heavy atom. The highest BCUT2D eigenvalue weighted by atomic mass is 32.1. The summed E-state index contributed by atoms with van der Waals surface area (Å²) in [4.78, 5) is 44.4. The molecule has 1 aromatic carbocycles. The Hall–Kier alpha value is -2.45. The average molecular weight is 455 g/mol. The predicted octanol–water partition coefficient (Wildman–Crippen LogP) is 2.95. The van der Waals surface area contributed by atoms with E-state index in [-0.39, 0.29) is 17.7 Å². The van der Waals surface area contributed by atoms with Crippen molar-refractivity contribution < 1.29 is 14.4 Å². The number of benzene rings is 1. The van der Waals surface area contributed by atoms with Crippen LogP contribution in [0.25, 0.3) is 10.1 Å². The summed E-state index contributed by atoms with van der Waals surface area (Å²) in [5.74, 6) is 0.00568. The number of nitrogen functional groups attached to an aromatic ring is 1.